The molecule has 2 atom stereocenters. The molecule has 0 saturated heterocycles. The highest BCUT2D eigenvalue weighted by atomic mass is 19.1. The second-order valence-electron chi connectivity index (χ2n) is 8.68. The van der Waals surface area contributed by atoms with Crippen molar-refractivity contribution in [3.05, 3.63) is 102 Å². The average Bonchev–Trinajstić information content (AvgIpc) is 2.95. The van der Waals surface area contributed by atoms with Crippen LogP contribution in [0.3, 0.4) is 0 Å². The number of aliphatic imine (C=N–C) groups is 1. The van der Waals surface area contributed by atoms with E-state index >= 15 is 0 Å². The zero-order valence-electron chi connectivity index (χ0n) is 28.2. The summed E-state index contributed by atoms with van der Waals surface area (Å²) in [4.78, 5) is 16.8. The smallest absolute Gasteiger partial charge is 0.270 e. The second kappa shape index (κ2) is 29.5. The van der Waals surface area contributed by atoms with Crippen molar-refractivity contribution in [3.63, 3.8) is 0 Å². The van der Waals surface area contributed by atoms with Crippen molar-refractivity contribution in [1.29, 1.82) is 0 Å². The minimum Gasteiger partial charge on any atom is -0.403 e. The van der Waals surface area contributed by atoms with Gasteiger partial charge in [-0.1, -0.05) is 115 Å². The number of alkyl halides is 1. The number of allylic oxidation sites excluding steroid dienone is 6. The Morgan fingerprint density at radius 2 is 1.63 bits per heavy atom. The maximum absolute atomic E-state index is 12.7. The summed E-state index contributed by atoms with van der Waals surface area (Å²) in [6.45, 7) is 33.8. The largest absolute Gasteiger partial charge is 0.403 e. The lowest BCUT2D eigenvalue weighted by Gasteiger charge is -2.21. The van der Waals surface area contributed by atoms with Gasteiger partial charge in [0.05, 0.1) is 6.04 Å². The lowest BCUT2D eigenvalue weighted by Crippen LogP contribution is -2.35. The van der Waals surface area contributed by atoms with Gasteiger partial charge < -0.3 is 11.1 Å². The highest BCUT2D eigenvalue weighted by Crippen LogP contribution is 2.24. The van der Waals surface area contributed by atoms with Crippen LogP contribution in [-0.2, 0) is 4.79 Å². The van der Waals surface area contributed by atoms with E-state index in [1.807, 2.05) is 79.7 Å². The van der Waals surface area contributed by atoms with E-state index < -0.39 is 6.17 Å². The number of hydrogen-bond donors (Lipinski definition) is 2. The molecule has 5 heteroatoms. The SMILES string of the molecule is C/C=C(C)\C=C/C(C)F.C=C(C)N.C=CN=C(C(=O)N[C@@H](CCC)c1ccc(C=C)cc1C)/C(C)=C\C.CC.CC. The molecule has 0 radical (unpaired) electrons. The molecule has 0 spiro atoms. The average molecular weight is 570 g/mol. The number of benzene rings is 1. The Morgan fingerprint density at radius 1 is 1.10 bits per heavy atom. The van der Waals surface area contributed by atoms with E-state index in [-0.39, 0.29) is 11.9 Å². The maximum atomic E-state index is 12.7. The van der Waals surface area contributed by atoms with Crippen molar-refractivity contribution in [2.75, 3.05) is 0 Å². The van der Waals surface area contributed by atoms with E-state index in [4.69, 9.17) is 5.73 Å². The summed E-state index contributed by atoms with van der Waals surface area (Å²) in [5, 5.41) is 3.13. The first-order chi connectivity index (χ1) is 19.4. The fraction of sp³-hybridized carbons (Fsp3) is 0.444. The Kier molecular flexibility index (Phi) is 32.1. The molecule has 0 aliphatic heterocycles. The van der Waals surface area contributed by atoms with Crippen LogP contribution in [0.5, 0.6) is 0 Å². The summed E-state index contributed by atoms with van der Waals surface area (Å²) in [6, 6.07) is 6.15. The lowest BCUT2D eigenvalue weighted by molar-refractivity contribution is -0.115. The molecule has 1 aromatic carbocycles. The number of nitrogens with two attached hydrogens (primary N) is 1. The molecule has 1 rings (SSSR count). The van der Waals surface area contributed by atoms with Crippen LogP contribution >= 0.6 is 0 Å². The molecule has 1 amide bonds. The Morgan fingerprint density at radius 3 is 2.00 bits per heavy atom. The van der Waals surface area contributed by atoms with Crippen molar-refractivity contribution in [2.24, 2.45) is 10.7 Å². The van der Waals surface area contributed by atoms with Crippen LogP contribution in [0.4, 0.5) is 4.39 Å². The molecule has 0 heterocycles. The summed E-state index contributed by atoms with van der Waals surface area (Å²) in [7, 11) is 0. The molecule has 4 nitrogen and oxygen atoms in total. The normalized spacial score (nSPS) is 12.4. The molecule has 0 fully saturated rings. The number of amides is 1. The minimum absolute atomic E-state index is 0.0407. The maximum Gasteiger partial charge on any atom is 0.270 e. The third-order valence-corrected chi connectivity index (χ3v) is 5.11. The molecule has 0 aliphatic carbocycles. The molecule has 232 valence electrons. The Hall–Kier alpha value is -3.47. The van der Waals surface area contributed by atoms with E-state index in [0.29, 0.717) is 11.4 Å². The van der Waals surface area contributed by atoms with Gasteiger partial charge in [-0.05, 0) is 82.8 Å². The molecule has 0 aromatic heterocycles. The third kappa shape index (κ3) is 24.1. The van der Waals surface area contributed by atoms with Gasteiger partial charge in [-0.2, -0.15) is 0 Å². The lowest BCUT2D eigenvalue weighted by atomic mass is 9.95. The van der Waals surface area contributed by atoms with Gasteiger partial charge in [0.15, 0.2) is 0 Å². The Labute approximate surface area is 252 Å². The van der Waals surface area contributed by atoms with Crippen LogP contribution in [0.15, 0.2) is 90.3 Å². The van der Waals surface area contributed by atoms with Crippen LogP contribution in [0.1, 0.15) is 112 Å². The van der Waals surface area contributed by atoms with Gasteiger partial charge in [0, 0.05) is 6.20 Å². The summed E-state index contributed by atoms with van der Waals surface area (Å²) in [6.07, 6.45) is 11.4. The summed E-state index contributed by atoms with van der Waals surface area (Å²) >= 11 is 0. The van der Waals surface area contributed by atoms with Gasteiger partial charge in [0.25, 0.3) is 5.91 Å². The van der Waals surface area contributed by atoms with Crippen LogP contribution < -0.4 is 11.1 Å². The van der Waals surface area contributed by atoms with Crippen molar-refractivity contribution in [3.8, 4) is 0 Å². The number of aryl methyl sites for hydroxylation is 1. The zero-order chi connectivity index (χ0) is 33.0. The van der Waals surface area contributed by atoms with Gasteiger partial charge >= 0.3 is 0 Å². The molecule has 0 aliphatic rings. The number of halogens is 1. The van der Waals surface area contributed by atoms with E-state index in [0.717, 1.165) is 40.7 Å². The predicted molar refractivity (Wildman–Crippen MR) is 185 cm³/mol. The van der Waals surface area contributed by atoms with Gasteiger partial charge in [-0.15, -0.1) is 0 Å². The van der Waals surface area contributed by atoms with Crippen LogP contribution in [0, 0.1) is 6.92 Å². The fourth-order valence-corrected chi connectivity index (χ4v) is 2.99. The number of carbonyl (C=O) groups is 1. The Balaban J connectivity index is -0.000000332. The van der Waals surface area contributed by atoms with Gasteiger partial charge in [-0.25, -0.2) is 4.39 Å². The second-order valence-corrected chi connectivity index (χ2v) is 8.68. The van der Waals surface area contributed by atoms with E-state index in [9.17, 15) is 9.18 Å². The molecule has 41 heavy (non-hydrogen) atoms. The molecule has 3 N–H and O–H groups in total. The van der Waals surface area contributed by atoms with Crippen molar-refractivity contribution < 1.29 is 9.18 Å². The molecular weight excluding hydrogens is 509 g/mol. The zero-order valence-corrected chi connectivity index (χ0v) is 28.2. The first kappa shape index (κ1) is 44.5. The highest BCUT2D eigenvalue weighted by molar-refractivity contribution is 6.45. The first-order valence-electron chi connectivity index (χ1n) is 14.6. The fourth-order valence-electron chi connectivity index (χ4n) is 2.99. The number of nitrogens with zero attached hydrogens (tertiary/aromatic N) is 1. The Bertz CT molecular complexity index is 994. The van der Waals surface area contributed by atoms with Crippen LogP contribution in [-0.4, -0.2) is 17.8 Å². The third-order valence-electron chi connectivity index (χ3n) is 5.11. The molecule has 0 bridgehead atoms. The summed E-state index contributed by atoms with van der Waals surface area (Å²) < 4.78 is 12.1. The van der Waals surface area contributed by atoms with Crippen molar-refractivity contribution >= 4 is 17.7 Å². The highest BCUT2D eigenvalue weighted by Gasteiger charge is 2.20. The van der Waals surface area contributed by atoms with Gasteiger partial charge in [0.2, 0.25) is 0 Å². The molecule has 1 aromatic rings. The van der Waals surface area contributed by atoms with E-state index in [1.54, 1.807) is 13.0 Å². The molecule has 0 saturated carbocycles. The minimum atomic E-state index is -0.833. The number of carbonyl (C=O) groups excluding carboxylic acids is 1. The number of nitrogens with one attached hydrogen (secondary N) is 1. The van der Waals surface area contributed by atoms with E-state index in [2.05, 4.69) is 56.0 Å². The molecular formula is C36H60FN3O. The topological polar surface area (TPSA) is 67.5 Å². The van der Waals surface area contributed by atoms with Gasteiger partial charge in [0.1, 0.15) is 11.9 Å². The summed E-state index contributed by atoms with van der Waals surface area (Å²) in [5.41, 5.74) is 11.3. The monoisotopic (exact) mass is 569 g/mol. The van der Waals surface area contributed by atoms with Crippen molar-refractivity contribution in [2.45, 2.75) is 108 Å². The van der Waals surface area contributed by atoms with E-state index in [1.165, 1.54) is 19.2 Å². The first-order valence-corrected chi connectivity index (χ1v) is 14.6. The van der Waals surface area contributed by atoms with Crippen molar-refractivity contribution in [1.82, 2.24) is 5.32 Å². The number of rotatable bonds is 10. The molecule has 1 unspecified atom stereocenters. The quantitative estimate of drug-likeness (QED) is 0.217. The van der Waals surface area contributed by atoms with Crippen LogP contribution in [0.2, 0.25) is 0 Å². The van der Waals surface area contributed by atoms with Gasteiger partial charge in [-0.3, -0.25) is 9.79 Å². The summed E-state index contributed by atoms with van der Waals surface area (Å²) in [5.74, 6) is -0.170. The predicted octanol–water partition coefficient (Wildman–Crippen LogP) is 10.5. The standard InChI is InChI=1S/C21H28N2O.C8H13F.C3H7N.2C2H6/c1-7-11-19(18-13-12-17(9-3)14-16(18)6)23-21(24)20(22-10-4)15(5)8-2;1-4-7(2)5-6-8(3)9;1-3(2)4;2*1-2/h8-10,12-14,19H,3-4,7,11H2,1-2,5-6H3,(H,23,24);4-6,8H,1-3H3;1,4H2,2H3;2*1-2H3/b15-8-,22-20?;6-5-,7-4-;;;/t19-;;;;/m0..../s1. The van der Waals surface area contributed by atoms with Crippen LogP contribution in [0.25, 0.3) is 6.08 Å². The number of hydrogen-bond acceptors (Lipinski definition) is 3.